The lowest BCUT2D eigenvalue weighted by Crippen LogP contribution is -2.45. The summed E-state index contributed by atoms with van der Waals surface area (Å²) in [6, 6.07) is 11.4. The van der Waals surface area contributed by atoms with Crippen LogP contribution in [0.2, 0.25) is 5.02 Å². The van der Waals surface area contributed by atoms with Crippen LogP contribution in [0.15, 0.2) is 47.4 Å². The lowest BCUT2D eigenvalue weighted by atomic mass is 9.91. The Kier molecular flexibility index (Phi) is 9.03. The molecule has 9 nitrogen and oxygen atoms in total. The number of ether oxygens (including phenoxy) is 2. The van der Waals surface area contributed by atoms with E-state index in [1.54, 1.807) is 19.3 Å². The van der Waals surface area contributed by atoms with Crippen molar-refractivity contribution in [3.8, 4) is 22.6 Å². The Bertz CT molecular complexity index is 1800. The van der Waals surface area contributed by atoms with Gasteiger partial charge >= 0.3 is 6.09 Å². The molecule has 0 atom stereocenters. The molecular weight excluding hydrogens is 592 g/mol. The average Bonchev–Trinajstić information content (AvgIpc) is 3.38. The van der Waals surface area contributed by atoms with E-state index in [1.165, 1.54) is 4.57 Å². The third-order valence-corrected chi connectivity index (χ3v) is 8.22. The van der Waals surface area contributed by atoms with Gasteiger partial charge in [-0.3, -0.25) is 9.59 Å². The molecule has 4 aromatic rings. The molecule has 0 radical (unpaired) electrons. The van der Waals surface area contributed by atoms with Gasteiger partial charge in [-0.25, -0.2) is 4.79 Å². The van der Waals surface area contributed by atoms with Crippen molar-refractivity contribution in [3.63, 3.8) is 0 Å². The maximum Gasteiger partial charge on any atom is 0.407 e. The van der Waals surface area contributed by atoms with Gasteiger partial charge in [-0.2, -0.15) is 0 Å². The van der Waals surface area contributed by atoms with Crippen LogP contribution in [0.5, 0.6) is 11.5 Å². The molecule has 2 amide bonds. The third-order valence-electron chi connectivity index (χ3n) is 8.00. The Balaban J connectivity index is 1.36. The minimum atomic E-state index is -0.555. The number of H-pyrrole nitrogens is 1. The van der Waals surface area contributed by atoms with Gasteiger partial charge in [0.25, 0.3) is 11.5 Å². The standard InChI is InChI=1S/C35H41ClN4O5/c1-19-12-22(16-26(13-19)44-31-20(2)14-23(36)15-21(31)3)28-18-40(7)33(42)30-27(28)17-29(39-30)32(41)37-24-8-10-25(11-9-24)38-34(43)45-35(4,5)6/h12-18,24-25,39H,8-11H2,1-7H3,(H,37,41)(H,38,43). The van der Waals surface area contributed by atoms with Crippen molar-refractivity contribution in [2.75, 3.05) is 0 Å². The van der Waals surface area contributed by atoms with E-state index in [9.17, 15) is 14.4 Å². The zero-order valence-electron chi connectivity index (χ0n) is 26.9. The van der Waals surface area contributed by atoms with Gasteiger partial charge in [-0.05, 0) is 120 Å². The number of aryl methyl sites for hydroxylation is 4. The van der Waals surface area contributed by atoms with Crippen molar-refractivity contribution < 1.29 is 19.1 Å². The van der Waals surface area contributed by atoms with Gasteiger partial charge in [0.2, 0.25) is 0 Å². The van der Waals surface area contributed by atoms with Crippen molar-refractivity contribution in [3.05, 3.63) is 80.4 Å². The maximum absolute atomic E-state index is 13.4. The summed E-state index contributed by atoms with van der Waals surface area (Å²) in [5.41, 5.74) is 4.41. The van der Waals surface area contributed by atoms with E-state index >= 15 is 0 Å². The normalized spacial score (nSPS) is 16.8. The minimum absolute atomic E-state index is 0.00220. The van der Waals surface area contributed by atoms with Gasteiger partial charge in [0.1, 0.15) is 28.3 Å². The van der Waals surface area contributed by atoms with Crippen LogP contribution in [-0.2, 0) is 11.8 Å². The number of rotatable bonds is 6. The molecule has 2 heterocycles. The van der Waals surface area contributed by atoms with Crippen LogP contribution in [0.25, 0.3) is 22.0 Å². The lowest BCUT2D eigenvalue weighted by Gasteiger charge is -2.30. The molecule has 0 spiro atoms. The summed E-state index contributed by atoms with van der Waals surface area (Å²) < 4.78 is 13.2. The van der Waals surface area contributed by atoms with E-state index in [4.69, 9.17) is 21.1 Å². The Labute approximate surface area is 268 Å². The highest BCUT2D eigenvalue weighted by Gasteiger charge is 2.26. The molecule has 238 valence electrons. The summed E-state index contributed by atoms with van der Waals surface area (Å²) in [5.74, 6) is 1.13. The maximum atomic E-state index is 13.4. The molecule has 1 aliphatic carbocycles. The first-order valence-electron chi connectivity index (χ1n) is 15.3. The summed E-state index contributed by atoms with van der Waals surface area (Å²) in [6.07, 6.45) is 4.27. The van der Waals surface area contributed by atoms with E-state index in [2.05, 4.69) is 15.6 Å². The van der Waals surface area contributed by atoms with E-state index in [0.29, 0.717) is 27.4 Å². The monoisotopic (exact) mass is 632 g/mol. The minimum Gasteiger partial charge on any atom is -0.457 e. The fourth-order valence-electron chi connectivity index (χ4n) is 5.94. The number of aromatic nitrogens is 2. The number of alkyl carbamates (subject to hydrolysis) is 1. The lowest BCUT2D eigenvalue weighted by molar-refractivity contribution is 0.0488. The van der Waals surface area contributed by atoms with Gasteiger partial charge in [-0.1, -0.05) is 17.7 Å². The molecule has 1 aliphatic rings. The zero-order valence-corrected chi connectivity index (χ0v) is 27.6. The highest BCUT2D eigenvalue weighted by Crippen LogP contribution is 2.36. The molecular formula is C35H41ClN4O5. The number of hydrogen-bond donors (Lipinski definition) is 3. The van der Waals surface area contributed by atoms with Gasteiger partial charge in [0, 0.05) is 41.3 Å². The first-order chi connectivity index (χ1) is 21.2. The second kappa shape index (κ2) is 12.6. The van der Waals surface area contributed by atoms with Gasteiger partial charge < -0.3 is 29.7 Å². The van der Waals surface area contributed by atoms with Crippen LogP contribution < -0.4 is 20.9 Å². The van der Waals surface area contributed by atoms with Crippen LogP contribution in [0.1, 0.15) is 73.6 Å². The number of fused-ring (bicyclic) bond motifs is 1. The van der Waals surface area contributed by atoms with Gasteiger partial charge in [0.15, 0.2) is 0 Å². The van der Waals surface area contributed by atoms with Crippen LogP contribution in [0.3, 0.4) is 0 Å². The van der Waals surface area contributed by atoms with Crippen LogP contribution in [-0.4, -0.2) is 39.2 Å². The molecule has 1 saturated carbocycles. The molecule has 1 fully saturated rings. The van der Waals surface area contributed by atoms with Gasteiger partial charge in [0.05, 0.1) is 0 Å². The number of aromatic amines is 1. The molecule has 0 unspecified atom stereocenters. The largest absolute Gasteiger partial charge is 0.457 e. The van der Waals surface area contributed by atoms with Crippen molar-refractivity contribution in [2.45, 2.75) is 84.9 Å². The first-order valence-corrected chi connectivity index (χ1v) is 15.6. The summed E-state index contributed by atoms with van der Waals surface area (Å²) in [6.45, 7) is 11.4. The first kappa shape index (κ1) is 32.2. The average molecular weight is 633 g/mol. The van der Waals surface area contributed by atoms with Crippen LogP contribution >= 0.6 is 11.6 Å². The molecule has 45 heavy (non-hydrogen) atoms. The SMILES string of the molecule is Cc1cc(Oc2c(C)cc(Cl)cc2C)cc(-c2cn(C)c(=O)c3[nH]c(C(=O)NC4CCC(NC(=O)OC(C)(C)C)CC4)cc23)c1. The Hall–Kier alpha value is -4.24. The summed E-state index contributed by atoms with van der Waals surface area (Å²) in [7, 11) is 1.70. The Morgan fingerprint density at radius 2 is 1.56 bits per heavy atom. The fourth-order valence-corrected chi connectivity index (χ4v) is 6.27. The second-order valence-corrected chi connectivity index (χ2v) is 13.5. The number of pyridine rings is 1. The van der Waals surface area contributed by atoms with E-state index in [1.807, 2.05) is 71.9 Å². The number of amides is 2. The second-order valence-electron chi connectivity index (χ2n) is 13.1. The molecule has 0 bridgehead atoms. The number of benzene rings is 2. The van der Waals surface area contributed by atoms with Gasteiger partial charge in [-0.15, -0.1) is 0 Å². The topological polar surface area (TPSA) is 114 Å². The summed E-state index contributed by atoms with van der Waals surface area (Å²) in [4.78, 5) is 41.8. The molecule has 2 aromatic heterocycles. The van der Waals surface area contributed by atoms with Crippen LogP contribution in [0.4, 0.5) is 4.79 Å². The van der Waals surface area contributed by atoms with Crippen molar-refractivity contribution in [1.82, 2.24) is 20.2 Å². The number of hydrogen-bond acceptors (Lipinski definition) is 5. The molecule has 10 heteroatoms. The van der Waals surface area contributed by atoms with Crippen molar-refractivity contribution >= 4 is 34.5 Å². The predicted molar refractivity (Wildman–Crippen MR) is 178 cm³/mol. The molecule has 3 N–H and O–H groups in total. The molecule has 0 aliphatic heterocycles. The van der Waals surface area contributed by atoms with Crippen LogP contribution in [0, 0.1) is 20.8 Å². The number of nitrogens with one attached hydrogen (secondary N) is 3. The van der Waals surface area contributed by atoms with Crippen molar-refractivity contribution in [2.24, 2.45) is 7.05 Å². The smallest absolute Gasteiger partial charge is 0.407 e. The molecule has 0 saturated heterocycles. The number of nitrogens with zero attached hydrogens (tertiary/aromatic N) is 1. The Morgan fingerprint density at radius 3 is 2.18 bits per heavy atom. The number of carbonyl (C=O) groups is 2. The number of halogens is 1. The predicted octanol–water partition coefficient (Wildman–Crippen LogP) is 7.47. The summed E-state index contributed by atoms with van der Waals surface area (Å²) >= 11 is 6.22. The highest BCUT2D eigenvalue weighted by atomic mass is 35.5. The zero-order chi connectivity index (χ0) is 32.6. The highest BCUT2D eigenvalue weighted by molar-refractivity contribution is 6.30. The molecule has 2 aromatic carbocycles. The fraction of sp³-hybridized carbons (Fsp3) is 0.400. The third kappa shape index (κ3) is 7.53. The van der Waals surface area contributed by atoms with Crippen molar-refractivity contribution in [1.29, 1.82) is 0 Å². The van der Waals surface area contributed by atoms with E-state index < -0.39 is 11.7 Å². The van der Waals surface area contributed by atoms with E-state index in [0.717, 1.165) is 59.3 Å². The van der Waals surface area contributed by atoms with E-state index in [-0.39, 0.29) is 23.6 Å². The Morgan fingerprint density at radius 1 is 0.933 bits per heavy atom. The quantitative estimate of drug-likeness (QED) is 0.204. The molecule has 5 rings (SSSR count). The summed E-state index contributed by atoms with van der Waals surface area (Å²) in [5, 5.41) is 7.35. The number of carbonyl (C=O) groups excluding carboxylic acids is 2.